The van der Waals surface area contributed by atoms with E-state index in [1.54, 1.807) is 7.11 Å². The van der Waals surface area contributed by atoms with Crippen LogP contribution < -0.4 is 15.4 Å². The van der Waals surface area contributed by atoms with Gasteiger partial charge in [0, 0.05) is 58.1 Å². The molecular formula is C25H36N4O3. The van der Waals surface area contributed by atoms with Crippen LogP contribution in [0.1, 0.15) is 24.5 Å². The molecule has 1 aliphatic rings. The average molecular weight is 441 g/mol. The molecular weight excluding hydrogens is 404 g/mol. The van der Waals surface area contributed by atoms with Crippen molar-refractivity contribution in [3.05, 3.63) is 59.7 Å². The van der Waals surface area contributed by atoms with Crippen molar-refractivity contribution in [2.45, 2.75) is 26.4 Å². The molecule has 2 aromatic rings. The van der Waals surface area contributed by atoms with Crippen LogP contribution in [-0.2, 0) is 22.6 Å². The Morgan fingerprint density at radius 2 is 1.88 bits per heavy atom. The Morgan fingerprint density at radius 1 is 1.06 bits per heavy atom. The van der Waals surface area contributed by atoms with Gasteiger partial charge in [-0.3, -0.25) is 4.90 Å². The molecule has 0 spiro atoms. The quantitative estimate of drug-likeness (QED) is 0.317. The fourth-order valence-corrected chi connectivity index (χ4v) is 3.51. The molecule has 0 amide bonds. The van der Waals surface area contributed by atoms with Crippen molar-refractivity contribution in [2.75, 3.05) is 58.5 Å². The second kappa shape index (κ2) is 13.7. The molecule has 0 aliphatic carbocycles. The Bertz CT molecular complexity index is 837. The number of hydrogen-bond donors (Lipinski definition) is 2. The summed E-state index contributed by atoms with van der Waals surface area (Å²) in [6.07, 6.45) is 0.864. The van der Waals surface area contributed by atoms with Crippen LogP contribution in [0.3, 0.4) is 0 Å². The number of benzene rings is 2. The van der Waals surface area contributed by atoms with Crippen molar-refractivity contribution in [2.24, 2.45) is 4.99 Å². The summed E-state index contributed by atoms with van der Waals surface area (Å²) in [7, 11) is 1.70. The number of methoxy groups -OCH3 is 1. The van der Waals surface area contributed by atoms with Crippen LogP contribution in [0.4, 0.5) is 5.69 Å². The minimum atomic E-state index is 0.611. The first-order valence-electron chi connectivity index (χ1n) is 11.4. The molecule has 1 aliphatic heterocycles. The number of hydrogen-bond acceptors (Lipinski definition) is 5. The highest BCUT2D eigenvalue weighted by Crippen LogP contribution is 2.18. The maximum atomic E-state index is 5.80. The van der Waals surface area contributed by atoms with Crippen LogP contribution in [0.25, 0.3) is 0 Å². The second-order valence-corrected chi connectivity index (χ2v) is 7.75. The lowest BCUT2D eigenvalue weighted by molar-refractivity contribution is 0.0342. The smallest absolute Gasteiger partial charge is 0.196 e. The molecule has 7 nitrogen and oxygen atoms in total. The summed E-state index contributed by atoms with van der Waals surface area (Å²) in [5, 5.41) is 6.70. The fraction of sp³-hybridized carbons (Fsp3) is 0.480. The number of nitrogens with one attached hydrogen (secondary N) is 2. The minimum absolute atomic E-state index is 0.611. The zero-order valence-corrected chi connectivity index (χ0v) is 19.3. The van der Waals surface area contributed by atoms with E-state index in [2.05, 4.69) is 46.7 Å². The van der Waals surface area contributed by atoms with Gasteiger partial charge in [-0.05, 0) is 30.2 Å². The summed E-state index contributed by atoms with van der Waals surface area (Å²) in [5.41, 5.74) is 3.45. The first kappa shape index (κ1) is 24.0. The molecule has 174 valence electrons. The van der Waals surface area contributed by atoms with Gasteiger partial charge in [-0.15, -0.1) is 0 Å². The predicted octanol–water partition coefficient (Wildman–Crippen LogP) is 3.51. The SMILES string of the molecule is CCNC(=NCc1cccc(CN2CCOCC2)c1)Nc1cccc(OCCCOC)c1. The first-order chi connectivity index (χ1) is 15.8. The summed E-state index contributed by atoms with van der Waals surface area (Å²) in [4.78, 5) is 7.22. The summed E-state index contributed by atoms with van der Waals surface area (Å²) >= 11 is 0. The number of anilines is 1. The zero-order valence-electron chi connectivity index (χ0n) is 19.3. The number of aliphatic imine (C=N–C) groups is 1. The molecule has 3 rings (SSSR count). The molecule has 0 unspecified atom stereocenters. The summed E-state index contributed by atoms with van der Waals surface area (Å²) in [6.45, 7) is 9.37. The van der Waals surface area contributed by atoms with E-state index in [4.69, 9.17) is 19.2 Å². The van der Waals surface area contributed by atoms with Crippen molar-refractivity contribution in [3.8, 4) is 5.75 Å². The monoisotopic (exact) mass is 440 g/mol. The molecule has 32 heavy (non-hydrogen) atoms. The number of nitrogens with zero attached hydrogens (tertiary/aromatic N) is 2. The predicted molar refractivity (Wildman–Crippen MR) is 129 cm³/mol. The summed E-state index contributed by atoms with van der Waals surface area (Å²) in [6, 6.07) is 16.6. The van der Waals surface area contributed by atoms with E-state index in [1.807, 2.05) is 24.3 Å². The van der Waals surface area contributed by atoms with Gasteiger partial charge in [-0.2, -0.15) is 0 Å². The van der Waals surface area contributed by atoms with Gasteiger partial charge in [0.2, 0.25) is 0 Å². The van der Waals surface area contributed by atoms with Gasteiger partial charge < -0.3 is 24.8 Å². The van der Waals surface area contributed by atoms with E-state index in [0.29, 0.717) is 19.8 Å². The lowest BCUT2D eigenvalue weighted by Gasteiger charge is -2.26. The third kappa shape index (κ3) is 8.49. The maximum absolute atomic E-state index is 5.80. The maximum Gasteiger partial charge on any atom is 0.196 e. The van der Waals surface area contributed by atoms with Crippen molar-refractivity contribution in [1.82, 2.24) is 10.2 Å². The summed E-state index contributed by atoms with van der Waals surface area (Å²) < 4.78 is 16.3. The summed E-state index contributed by atoms with van der Waals surface area (Å²) in [5.74, 6) is 1.58. The standard InChI is InChI=1S/C25H36N4O3/c1-3-26-25(28-23-9-5-10-24(18-23)32-14-6-13-30-2)27-19-21-7-4-8-22(17-21)20-29-11-15-31-16-12-29/h4-5,7-10,17-18H,3,6,11-16,19-20H2,1-2H3,(H2,26,27,28). The van der Waals surface area contributed by atoms with Crippen molar-refractivity contribution in [3.63, 3.8) is 0 Å². The van der Waals surface area contributed by atoms with Crippen LogP contribution in [0, 0.1) is 0 Å². The normalized spacial score (nSPS) is 14.9. The van der Waals surface area contributed by atoms with Gasteiger partial charge in [0.1, 0.15) is 5.75 Å². The van der Waals surface area contributed by atoms with Crippen LogP contribution >= 0.6 is 0 Å². The van der Waals surface area contributed by atoms with Crippen molar-refractivity contribution < 1.29 is 14.2 Å². The van der Waals surface area contributed by atoms with E-state index in [0.717, 1.165) is 63.2 Å². The van der Waals surface area contributed by atoms with Crippen molar-refractivity contribution >= 4 is 11.6 Å². The third-order valence-electron chi connectivity index (χ3n) is 5.12. The first-order valence-corrected chi connectivity index (χ1v) is 11.4. The molecule has 7 heteroatoms. The van der Waals surface area contributed by atoms with Gasteiger partial charge in [-0.1, -0.05) is 30.3 Å². The average Bonchev–Trinajstić information content (AvgIpc) is 2.82. The molecule has 0 saturated carbocycles. The van der Waals surface area contributed by atoms with Crippen LogP contribution in [0.2, 0.25) is 0 Å². The number of guanidine groups is 1. The highest BCUT2D eigenvalue weighted by atomic mass is 16.5. The van der Waals surface area contributed by atoms with E-state index < -0.39 is 0 Å². The Kier molecular flexibility index (Phi) is 10.3. The zero-order chi connectivity index (χ0) is 22.4. The van der Waals surface area contributed by atoms with Gasteiger partial charge in [-0.25, -0.2) is 4.99 Å². The van der Waals surface area contributed by atoms with Crippen LogP contribution in [0.5, 0.6) is 5.75 Å². The van der Waals surface area contributed by atoms with Gasteiger partial charge in [0.15, 0.2) is 5.96 Å². The molecule has 0 atom stereocenters. The molecule has 1 heterocycles. The molecule has 1 fully saturated rings. The highest BCUT2D eigenvalue weighted by molar-refractivity contribution is 5.93. The molecule has 2 aromatic carbocycles. The minimum Gasteiger partial charge on any atom is -0.493 e. The second-order valence-electron chi connectivity index (χ2n) is 7.75. The molecule has 0 radical (unpaired) electrons. The van der Waals surface area contributed by atoms with Crippen molar-refractivity contribution in [1.29, 1.82) is 0 Å². The Labute approximate surface area is 191 Å². The van der Waals surface area contributed by atoms with E-state index in [9.17, 15) is 0 Å². The van der Waals surface area contributed by atoms with E-state index in [1.165, 1.54) is 11.1 Å². The number of morpholine rings is 1. The topological polar surface area (TPSA) is 67.4 Å². The van der Waals surface area contributed by atoms with E-state index >= 15 is 0 Å². The van der Waals surface area contributed by atoms with Crippen LogP contribution in [-0.4, -0.2) is 64.0 Å². The number of ether oxygens (including phenoxy) is 3. The molecule has 2 N–H and O–H groups in total. The highest BCUT2D eigenvalue weighted by Gasteiger charge is 2.10. The van der Waals surface area contributed by atoms with E-state index in [-0.39, 0.29) is 0 Å². The Hall–Kier alpha value is -2.61. The van der Waals surface area contributed by atoms with Gasteiger partial charge in [0.05, 0.1) is 26.4 Å². The third-order valence-corrected chi connectivity index (χ3v) is 5.12. The fourth-order valence-electron chi connectivity index (χ4n) is 3.51. The van der Waals surface area contributed by atoms with Gasteiger partial charge in [0.25, 0.3) is 0 Å². The Morgan fingerprint density at radius 3 is 2.69 bits per heavy atom. The molecule has 0 bridgehead atoms. The Balaban J connectivity index is 1.58. The lowest BCUT2D eigenvalue weighted by Crippen LogP contribution is -2.35. The number of rotatable bonds is 11. The van der Waals surface area contributed by atoms with Crippen LogP contribution in [0.15, 0.2) is 53.5 Å². The lowest BCUT2D eigenvalue weighted by atomic mass is 10.1. The molecule has 1 saturated heterocycles. The molecule has 0 aromatic heterocycles. The largest absolute Gasteiger partial charge is 0.493 e. The van der Waals surface area contributed by atoms with Gasteiger partial charge >= 0.3 is 0 Å².